The second-order valence-corrected chi connectivity index (χ2v) is 10.5. The molecular formula is C30H24BrClN4O6. The summed E-state index contributed by atoms with van der Waals surface area (Å²) in [6.45, 7) is 1.78. The number of morpholine rings is 1. The van der Waals surface area contributed by atoms with Crippen molar-refractivity contribution < 1.29 is 23.4 Å². The van der Waals surface area contributed by atoms with Gasteiger partial charge in [-0.2, -0.15) is 9.78 Å². The largest absolute Gasteiger partial charge is 0.493 e. The molecule has 214 valence electrons. The third kappa shape index (κ3) is 5.38. The number of nitrogens with zero attached hydrogens (tertiary/aromatic N) is 4. The first-order chi connectivity index (χ1) is 20.4. The van der Waals surface area contributed by atoms with Gasteiger partial charge >= 0.3 is 0 Å². The van der Waals surface area contributed by atoms with Gasteiger partial charge in [0.15, 0.2) is 23.9 Å². The first kappa shape index (κ1) is 28.0. The van der Waals surface area contributed by atoms with Crippen molar-refractivity contribution in [2.75, 3.05) is 40.0 Å². The van der Waals surface area contributed by atoms with Gasteiger partial charge in [0.2, 0.25) is 5.82 Å². The summed E-state index contributed by atoms with van der Waals surface area (Å²) in [5, 5.41) is 5.97. The Bertz CT molecular complexity index is 1860. The van der Waals surface area contributed by atoms with Crippen LogP contribution in [0.4, 0.5) is 0 Å². The molecule has 1 saturated heterocycles. The summed E-state index contributed by atoms with van der Waals surface area (Å²) < 4.78 is 24.3. The van der Waals surface area contributed by atoms with E-state index in [0.29, 0.717) is 64.3 Å². The molecule has 0 aliphatic carbocycles. The van der Waals surface area contributed by atoms with E-state index < -0.39 is 0 Å². The molecule has 0 saturated carbocycles. The lowest BCUT2D eigenvalue weighted by atomic mass is 10.2. The fourth-order valence-electron chi connectivity index (χ4n) is 4.63. The van der Waals surface area contributed by atoms with E-state index in [1.165, 1.54) is 18.0 Å². The van der Waals surface area contributed by atoms with E-state index in [1.54, 1.807) is 29.2 Å². The van der Waals surface area contributed by atoms with E-state index >= 15 is 0 Å². The van der Waals surface area contributed by atoms with Gasteiger partial charge in [0, 0.05) is 28.5 Å². The van der Waals surface area contributed by atoms with Gasteiger partial charge in [0.05, 0.1) is 37.4 Å². The SMILES string of the molecule is COc1cc(C=Nn2c(-c3cc4ccccc4o3)nc3ccccc3c2=O)c(Br)c(Cl)c1OCC(=O)N1CCOCC1. The Morgan fingerprint density at radius 2 is 1.90 bits per heavy atom. The van der Waals surface area contributed by atoms with Gasteiger partial charge in [0.1, 0.15) is 10.6 Å². The maximum absolute atomic E-state index is 13.6. The molecule has 1 aliphatic heterocycles. The van der Waals surface area contributed by atoms with Crippen LogP contribution in [0.15, 0.2) is 79.4 Å². The molecule has 0 spiro atoms. The number of hydrogen-bond acceptors (Lipinski definition) is 8. The first-order valence-corrected chi connectivity index (χ1v) is 14.2. The molecule has 1 aliphatic rings. The number of rotatable bonds is 7. The summed E-state index contributed by atoms with van der Waals surface area (Å²) in [5.41, 5.74) is 1.30. The van der Waals surface area contributed by atoms with Crippen molar-refractivity contribution >= 4 is 61.5 Å². The lowest BCUT2D eigenvalue weighted by Crippen LogP contribution is -2.43. The average Bonchev–Trinajstić information content (AvgIpc) is 3.46. The van der Waals surface area contributed by atoms with E-state index in [9.17, 15) is 9.59 Å². The van der Waals surface area contributed by atoms with Gasteiger partial charge in [0.25, 0.3) is 11.5 Å². The van der Waals surface area contributed by atoms with Crippen molar-refractivity contribution in [2.45, 2.75) is 0 Å². The average molecular weight is 652 g/mol. The topological polar surface area (TPSA) is 108 Å². The van der Waals surface area contributed by atoms with Crippen LogP contribution in [0.2, 0.25) is 5.02 Å². The van der Waals surface area contributed by atoms with Gasteiger partial charge in [-0.3, -0.25) is 9.59 Å². The lowest BCUT2D eigenvalue weighted by Gasteiger charge is -2.27. The minimum Gasteiger partial charge on any atom is -0.493 e. The second kappa shape index (κ2) is 12.0. The third-order valence-electron chi connectivity index (χ3n) is 6.79. The van der Waals surface area contributed by atoms with E-state index in [0.717, 1.165) is 5.39 Å². The molecule has 42 heavy (non-hydrogen) atoms. The Morgan fingerprint density at radius 3 is 2.69 bits per heavy atom. The van der Waals surface area contributed by atoms with Crippen LogP contribution in [0.1, 0.15) is 5.56 Å². The summed E-state index contributed by atoms with van der Waals surface area (Å²) >= 11 is 10.2. The predicted octanol–water partition coefficient (Wildman–Crippen LogP) is 5.35. The second-order valence-electron chi connectivity index (χ2n) is 9.37. The maximum Gasteiger partial charge on any atom is 0.282 e. The molecule has 3 heterocycles. The van der Waals surface area contributed by atoms with E-state index in [2.05, 4.69) is 21.0 Å². The Balaban J connectivity index is 1.37. The summed E-state index contributed by atoms with van der Waals surface area (Å²) in [7, 11) is 1.47. The van der Waals surface area contributed by atoms with Gasteiger partial charge < -0.3 is 23.5 Å². The standard InChI is InChI=1S/C30H24BrClN4O6/c1-39-23-15-19(26(31)27(32)28(23)41-17-25(37)35-10-12-40-13-11-35)16-33-36-29(24-14-18-6-2-5-9-22(18)42-24)34-21-8-4-3-7-20(21)30(36)38/h2-9,14-16H,10-13,17H2,1H3. The van der Waals surface area contributed by atoms with Crippen LogP contribution in [-0.4, -0.2) is 66.7 Å². The van der Waals surface area contributed by atoms with Crippen LogP contribution >= 0.6 is 27.5 Å². The lowest BCUT2D eigenvalue weighted by molar-refractivity contribution is -0.137. The van der Waals surface area contributed by atoms with Crippen molar-refractivity contribution in [3.63, 3.8) is 0 Å². The normalized spacial score (nSPS) is 13.7. The molecular weight excluding hydrogens is 628 g/mol. The number of fused-ring (bicyclic) bond motifs is 2. The van der Waals surface area contributed by atoms with Crippen LogP contribution in [0, 0.1) is 0 Å². The molecule has 0 radical (unpaired) electrons. The van der Waals surface area contributed by atoms with Crippen molar-refractivity contribution in [1.82, 2.24) is 14.6 Å². The quantitative estimate of drug-likeness (QED) is 0.218. The number of aromatic nitrogens is 2. The zero-order chi connectivity index (χ0) is 29.2. The molecule has 0 bridgehead atoms. The molecule has 1 amide bonds. The van der Waals surface area contributed by atoms with Crippen molar-refractivity contribution in [3.8, 4) is 23.1 Å². The molecule has 3 aromatic carbocycles. The maximum atomic E-state index is 13.6. The Kier molecular flexibility index (Phi) is 7.96. The number of amides is 1. The fraction of sp³-hybridized carbons (Fsp3) is 0.200. The van der Waals surface area contributed by atoms with Gasteiger partial charge in [-0.15, -0.1) is 0 Å². The molecule has 0 N–H and O–H groups in total. The number of methoxy groups -OCH3 is 1. The van der Waals surface area contributed by atoms with Crippen molar-refractivity contribution in [2.24, 2.45) is 5.10 Å². The number of benzene rings is 3. The van der Waals surface area contributed by atoms with Crippen molar-refractivity contribution in [1.29, 1.82) is 0 Å². The van der Waals surface area contributed by atoms with Crippen LogP contribution in [0.5, 0.6) is 11.5 Å². The Morgan fingerprint density at radius 1 is 1.14 bits per heavy atom. The number of hydrogen-bond donors (Lipinski definition) is 0. The summed E-state index contributed by atoms with van der Waals surface area (Å²) in [6, 6.07) is 18.0. The number of para-hydroxylation sites is 2. The predicted molar refractivity (Wildman–Crippen MR) is 163 cm³/mol. The van der Waals surface area contributed by atoms with E-state index in [1.807, 2.05) is 36.4 Å². The molecule has 2 aromatic heterocycles. The molecule has 6 rings (SSSR count). The number of furan rings is 1. The molecule has 12 heteroatoms. The van der Waals surface area contributed by atoms with Crippen molar-refractivity contribution in [3.05, 3.63) is 86.1 Å². The Labute approximate surface area is 253 Å². The first-order valence-electron chi connectivity index (χ1n) is 13.0. The minimum atomic E-state index is -0.372. The zero-order valence-corrected chi connectivity index (χ0v) is 24.7. The van der Waals surface area contributed by atoms with E-state index in [4.69, 9.17) is 35.2 Å². The highest BCUT2D eigenvalue weighted by Gasteiger charge is 2.22. The van der Waals surface area contributed by atoms with Crippen LogP contribution in [-0.2, 0) is 9.53 Å². The highest BCUT2D eigenvalue weighted by molar-refractivity contribution is 9.10. The molecule has 10 nitrogen and oxygen atoms in total. The van der Waals surface area contributed by atoms with Crippen LogP contribution in [0.3, 0.4) is 0 Å². The highest BCUT2D eigenvalue weighted by atomic mass is 79.9. The summed E-state index contributed by atoms with van der Waals surface area (Å²) in [6.07, 6.45) is 1.46. The highest BCUT2D eigenvalue weighted by Crippen LogP contribution is 2.42. The van der Waals surface area contributed by atoms with Gasteiger partial charge in [-0.25, -0.2) is 4.98 Å². The number of carbonyl (C=O) groups excluding carboxylic acids is 1. The van der Waals surface area contributed by atoms with Gasteiger partial charge in [-0.05, 0) is 46.3 Å². The van der Waals surface area contributed by atoms with Crippen LogP contribution in [0.25, 0.3) is 33.5 Å². The minimum absolute atomic E-state index is 0.181. The number of ether oxygens (including phenoxy) is 3. The Hall–Kier alpha value is -4.19. The third-order valence-corrected chi connectivity index (χ3v) is 8.23. The summed E-state index contributed by atoms with van der Waals surface area (Å²) in [4.78, 5) is 32.6. The molecule has 5 aromatic rings. The number of halogens is 2. The smallest absolute Gasteiger partial charge is 0.282 e. The fourth-order valence-corrected chi connectivity index (χ4v) is 5.28. The van der Waals surface area contributed by atoms with Crippen LogP contribution < -0.4 is 15.0 Å². The zero-order valence-electron chi connectivity index (χ0n) is 22.4. The molecule has 1 fully saturated rings. The monoisotopic (exact) mass is 650 g/mol. The molecule has 0 atom stereocenters. The summed E-state index contributed by atoms with van der Waals surface area (Å²) in [5.74, 6) is 0.944. The molecule has 0 unspecified atom stereocenters. The van der Waals surface area contributed by atoms with E-state index in [-0.39, 0.29) is 34.7 Å². The van der Waals surface area contributed by atoms with Gasteiger partial charge in [-0.1, -0.05) is 41.9 Å². The number of carbonyl (C=O) groups is 1.